The minimum atomic E-state index is -0.741. The Morgan fingerprint density at radius 2 is 2.29 bits per heavy atom. The molecule has 0 saturated carbocycles. The van der Waals surface area contributed by atoms with Crippen LogP contribution in [0.4, 0.5) is 0 Å². The fraction of sp³-hybridized carbons (Fsp3) is 0.250. The van der Waals surface area contributed by atoms with Crippen LogP contribution in [0.3, 0.4) is 0 Å². The van der Waals surface area contributed by atoms with E-state index in [1.54, 1.807) is 48.3 Å². The number of ether oxygens (including phenoxy) is 1. The van der Waals surface area contributed by atoms with E-state index in [1.165, 1.54) is 0 Å². The summed E-state index contributed by atoms with van der Waals surface area (Å²) in [6, 6.07) is 8.81. The van der Waals surface area contributed by atoms with Crippen molar-refractivity contribution in [3.8, 4) is 5.75 Å². The van der Waals surface area contributed by atoms with Crippen LogP contribution >= 0.6 is 11.6 Å². The SMILES string of the molecule is Cn1ccc(C(O)COc2cccc(Cl)c2)n1. The molecule has 2 rings (SSSR count). The van der Waals surface area contributed by atoms with E-state index in [-0.39, 0.29) is 6.61 Å². The van der Waals surface area contributed by atoms with Crippen molar-refractivity contribution in [2.24, 2.45) is 7.05 Å². The van der Waals surface area contributed by atoms with Gasteiger partial charge in [-0.25, -0.2) is 0 Å². The van der Waals surface area contributed by atoms with Gasteiger partial charge in [-0.1, -0.05) is 17.7 Å². The van der Waals surface area contributed by atoms with Gasteiger partial charge in [0.15, 0.2) is 0 Å². The molecular formula is C12H13ClN2O2. The molecule has 0 fully saturated rings. The van der Waals surface area contributed by atoms with Gasteiger partial charge in [0.2, 0.25) is 0 Å². The number of aliphatic hydroxyl groups is 1. The van der Waals surface area contributed by atoms with Crippen LogP contribution in [-0.2, 0) is 7.05 Å². The van der Waals surface area contributed by atoms with Crippen molar-refractivity contribution < 1.29 is 9.84 Å². The van der Waals surface area contributed by atoms with Crippen molar-refractivity contribution in [1.29, 1.82) is 0 Å². The molecular weight excluding hydrogens is 240 g/mol. The number of benzene rings is 1. The highest BCUT2D eigenvalue weighted by Gasteiger charge is 2.11. The summed E-state index contributed by atoms with van der Waals surface area (Å²) in [6.45, 7) is 0.150. The van der Waals surface area contributed by atoms with Gasteiger partial charge >= 0.3 is 0 Å². The van der Waals surface area contributed by atoms with Crippen LogP contribution in [0.2, 0.25) is 5.02 Å². The average molecular weight is 253 g/mol. The predicted octanol–water partition coefficient (Wildman–Crippen LogP) is 2.19. The summed E-state index contributed by atoms with van der Waals surface area (Å²) in [7, 11) is 1.80. The van der Waals surface area contributed by atoms with Crippen LogP contribution in [0.25, 0.3) is 0 Å². The lowest BCUT2D eigenvalue weighted by Crippen LogP contribution is -2.10. The van der Waals surface area contributed by atoms with Crippen LogP contribution in [0.1, 0.15) is 11.8 Å². The smallest absolute Gasteiger partial charge is 0.132 e. The van der Waals surface area contributed by atoms with Crippen LogP contribution < -0.4 is 4.74 Å². The Labute approximate surface area is 104 Å². The second-order valence-electron chi connectivity index (χ2n) is 3.70. The molecule has 1 unspecified atom stereocenters. The second-order valence-corrected chi connectivity index (χ2v) is 4.13. The van der Waals surface area contributed by atoms with E-state index in [2.05, 4.69) is 5.10 Å². The van der Waals surface area contributed by atoms with Gasteiger partial charge in [0.05, 0.1) is 5.69 Å². The Morgan fingerprint density at radius 1 is 1.47 bits per heavy atom. The van der Waals surface area contributed by atoms with E-state index in [9.17, 15) is 5.11 Å². The molecule has 2 aromatic rings. The number of aliphatic hydroxyl groups excluding tert-OH is 1. The van der Waals surface area contributed by atoms with Crippen LogP contribution in [0.5, 0.6) is 5.75 Å². The van der Waals surface area contributed by atoms with Crippen molar-refractivity contribution in [2.75, 3.05) is 6.61 Å². The molecule has 0 amide bonds. The van der Waals surface area contributed by atoms with E-state index in [4.69, 9.17) is 16.3 Å². The number of hydrogen-bond donors (Lipinski definition) is 1. The monoisotopic (exact) mass is 252 g/mol. The maximum absolute atomic E-state index is 9.83. The molecule has 4 nitrogen and oxygen atoms in total. The van der Waals surface area contributed by atoms with Gasteiger partial charge in [-0.05, 0) is 24.3 Å². The molecule has 0 saturated heterocycles. The van der Waals surface area contributed by atoms with Gasteiger partial charge in [-0.15, -0.1) is 0 Å². The largest absolute Gasteiger partial charge is 0.490 e. The summed E-state index contributed by atoms with van der Waals surface area (Å²) in [4.78, 5) is 0. The molecule has 0 aliphatic heterocycles. The second kappa shape index (κ2) is 5.21. The molecule has 0 bridgehead atoms. The molecule has 5 heteroatoms. The van der Waals surface area contributed by atoms with Crippen molar-refractivity contribution in [3.63, 3.8) is 0 Å². The fourth-order valence-electron chi connectivity index (χ4n) is 1.43. The Hall–Kier alpha value is -1.52. The lowest BCUT2D eigenvalue weighted by Gasteiger charge is -2.10. The van der Waals surface area contributed by atoms with E-state index in [0.29, 0.717) is 16.5 Å². The molecule has 1 aromatic carbocycles. The first-order valence-electron chi connectivity index (χ1n) is 5.21. The van der Waals surface area contributed by atoms with Crippen molar-refractivity contribution in [1.82, 2.24) is 9.78 Å². The zero-order valence-electron chi connectivity index (χ0n) is 9.38. The molecule has 1 heterocycles. The Bertz CT molecular complexity index is 499. The fourth-order valence-corrected chi connectivity index (χ4v) is 1.61. The van der Waals surface area contributed by atoms with E-state index >= 15 is 0 Å². The third-order valence-electron chi connectivity index (χ3n) is 2.28. The van der Waals surface area contributed by atoms with Crippen molar-refractivity contribution >= 4 is 11.6 Å². The molecule has 0 spiro atoms. The van der Waals surface area contributed by atoms with Gasteiger partial charge in [-0.3, -0.25) is 4.68 Å². The van der Waals surface area contributed by atoms with Crippen LogP contribution in [-0.4, -0.2) is 21.5 Å². The molecule has 90 valence electrons. The number of halogens is 1. The molecule has 1 aromatic heterocycles. The lowest BCUT2D eigenvalue weighted by atomic mass is 10.3. The number of aryl methyl sites for hydroxylation is 1. The highest BCUT2D eigenvalue weighted by Crippen LogP contribution is 2.19. The minimum absolute atomic E-state index is 0.150. The maximum atomic E-state index is 9.83. The quantitative estimate of drug-likeness (QED) is 0.907. The van der Waals surface area contributed by atoms with Crippen LogP contribution in [0.15, 0.2) is 36.5 Å². The summed E-state index contributed by atoms with van der Waals surface area (Å²) in [5.74, 6) is 0.632. The highest BCUT2D eigenvalue weighted by atomic mass is 35.5. The maximum Gasteiger partial charge on any atom is 0.132 e. The molecule has 0 radical (unpaired) electrons. The lowest BCUT2D eigenvalue weighted by molar-refractivity contribution is 0.104. The van der Waals surface area contributed by atoms with E-state index in [1.807, 2.05) is 0 Å². The van der Waals surface area contributed by atoms with Gasteiger partial charge < -0.3 is 9.84 Å². The predicted molar refractivity (Wildman–Crippen MR) is 65.1 cm³/mol. The first-order valence-corrected chi connectivity index (χ1v) is 5.59. The highest BCUT2D eigenvalue weighted by molar-refractivity contribution is 6.30. The summed E-state index contributed by atoms with van der Waals surface area (Å²) in [5.41, 5.74) is 0.592. The summed E-state index contributed by atoms with van der Waals surface area (Å²) in [6.07, 6.45) is 1.04. The summed E-state index contributed by atoms with van der Waals surface area (Å²) in [5, 5.41) is 14.5. The zero-order valence-corrected chi connectivity index (χ0v) is 10.1. The Kier molecular flexibility index (Phi) is 3.66. The van der Waals surface area contributed by atoms with Crippen molar-refractivity contribution in [3.05, 3.63) is 47.2 Å². The van der Waals surface area contributed by atoms with Crippen molar-refractivity contribution in [2.45, 2.75) is 6.10 Å². The Morgan fingerprint density at radius 3 is 2.94 bits per heavy atom. The standard InChI is InChI=1S/C12H13ClN2O2/c1-15-6-5-11(14-15)12(16)8-17-10-4-2-3-9(13)7-10/h2-7,12,16H,8H2,1H3. The third kappa shape index (κ3) is 3.22. The first-order chi connectivity index (χ1) is 8.15. The minimum Gasteiger partial charge on any atom is -0.490 e. The summed E-state index contributed by atoms with van der Waals surface area (Å²) >= 11 is 5.82. The van der Waals surface area contributed by atoms with Gasteiger partial charge in [0, 0.05) is 18.3 Å². The molecule has 1 N–H and O–H groups in total. The topological polar surface area (TPSA) is 47.3 Å². The van der Waals surface area contributed by atoms with Gasteiger partial charge in [0.1, 0.15) is 18.5 Å². The van der Waals surface area contributed by atoms with Gasteiger partial charge in [-0.2, -0.15) is 5.10 Å². The third-order valence-corrected chi connectivity index (χ3v) is 2.51. The number of rotatable bonds is 4. The Balaban J connectivity index is 1.94. The number of aromatic nitrogens is 2. The number of nitrogens with zero attached hydrogens (tertiary/aromatic N) is 2. The van der Waals surface area contributed by atoms with Gasteiger partial charge in [0.25, 0.3) is 0 Å². The van der Waals surface area contributed by atoms with E-state index in [0.717, 1.165) is 0 Å². The summed E-state index contributed by atoms with van der Waals surface area (Å²) < 4.78 is 7.07. The molecule has 1 atom stereocenters. The normalized spacial score (nSPS) is 12.4. The van der Waals surface area contributed by atoms with Crippen LogP contribution in [0, 0.1) is 0 Å². The first kappa shape index (κ1) is 12.0. The average Bonchev–Trinajstić information content (AvgIpc) is 2.73. The molecule has 0 aliphatic carbocycles. The number of hydrogen-bond acceptors (Lipinski definition) is 3. The zero-order chi connectivity index (χ0) is 12.3. The molecule has 17 heavy (non-hydrogen) atoms. The van der Waals surface area contributed by atoms with E-state index < -0.39 is 6.10 Å². The molecule has 0 aliphatic rings.